The van der Waals surface area contributed by atoms with Crippen LogP contribution in [0.15, 0.2) is 76.1 Å². The fraction of sp³-hybridized carbons (Fsp3) is 0.267. The molecule has 0 saturated carbocycles. The maximum Gasteiger partial charge on any atom is 0.264 e. The molecule has 12 heteroatoms. The van der Waals surface area contributed by atoms with Gasteiger partial charge in [0, 0.05) is 12.0 Å². The Labute approximate surface area is 252 Å². The van der Waals surface area contributed by atoms with Crippen molar-refractivity contribution in [2.45, 2.75) is 38.4 Å². The first kappa shape index (κ1) is 27.9. The third kappa shape index (κ3) is 4.70. The molecule has 1 fully saturated rings. The van der Waals surface area contributed by atoms with Crippen molar-refractivity contribution in [3.8, 4) is 5.75 Å². The second kappa shape index (κ2) is 10.8. The number of hydrogen-bond donors (Lipinski definition) is 0. The van der Waals surface area contributed by atoms with Crippen LogP contribution in [0.2, 0.25) is 10.0 Å². The Balaban J connectivity index is 1.29. The first-order valence-corrected chi connectivity index (χ1v) is 14.0. The molecule has 214 valence electrons. The third-order valence-corrected chi connectivity index (χ3v) is 8.29. The van der Waals surface area contributed by atoms with Gasteiger partial charge in [-0.25, -0.2) is 9.91 Å². The van der Waals surface area contributed by atoms with Gasteiger partial charge in [-0.3, -0.25) is 19.4 Å². The Morgan fingerprint density at radius 3 is 2.38 bits per heavy atom. The van der Waals surface area contributed by atoms with E-state index in [1.807, 2.05) is 50.2 Å². The van der Waals surface area contributed by atoms with E-state index in [0.717, 1.165) is 32.9 Å². The van der Waals surface area contributed by atoms with Crippen molar-refractivity contribution >= 4 is 52.3 Å². The first-order chi connectivity index (χ1) is 20.2. The monoisotopic (exact) mass is 604 g/mol. The van der Waals surface area contributed by atoms with Gasteiger partial charge in [0.25, 0.3) is 17.7 Å². The molecule has 0 spiro atoms. The summed E-state index contributed by atoms with van der Waals surface area (Å²) in [7, 11) is 1.59. The van der Waals surface area contributed by atoms with Gasteiger partial charge in [0.1, 0.15) is 12.3 Å². The predicted octanol–water partition coefficient (Wildman–Crippen LogP) is 5.29. The molecule has 0 aromatic heterocycles. The van der Waals surface area contributed by atoms with E-state index < -0.39 is 35.8 Å². The first-order valence-electron chi connectivity index (χ1n) is 13.3. The van der Waals surface area contributed by atoms with E-state index in [9.17, 15) is 14.4 Å². The van der Waals surface area contributed by atoms with Crippen molar-refractivity contribution in [3.63, 3.8) is 0 Å². The summed E-state index contributed by atoms with van der Waals surface area (Å²) < 4.78 is 5.31. The van der Waals surface area contributed by atoms with Crippen LogP contribution in [-0.4, -0.2) is 59.2 Å². The molecule has 3 atom stereocenters. The fourth-order valence-corrected chi connectivity index (χ4v) is 6.18. The zero-order valence-electron chi connectivity index (χ0n) is 23.0. The Morgan fingerprint density at radius 2 is 1.71 bits per heavy atom. The number of hydrogen-bond acceptors (Lipinski definition) is 8. The van der Waals surface area contributed by atoms with Gasteiger partial charge in [-0.15, -0.1) is 0 Å². The summed E-state index contributed by atoms with van der Waals surface area (Å²) in [6.45, 7) is 3.73. The zero-order valence-corrected chi connectivity index (χ0v) is 24.5. The molecule has 0 N–H and O–H groups in total. The molecule has 1 saturated heterocycles. The standard InChI is InChI=1S/C30H26Cl2N6O4/c1-16-7-12-20(17(2)13-16)23-14-24(18-8-10-19(42-3)11-9-18)38(34-23)25(39)15-36-28-26(33-35-36)29(40)37(30(28)41)27-21(31)5-4-6-22(27)32/h4-13,24,26,28H,14-15H2,1-3H3. The number of anilines is 1. The van der Waals surface area contributed by atoms with Crippen LogP contribution in [0.5, 0.6) is 5.75 Å². The van der Waals surface area contributed by atoms with E-state index in [4.69, 9.17) is 33.0 Å². The van der Waals surface area contributed by atoms with Crippen molar-refractivity contribution in [2.75, 3.05) is 18.6 Å². The summed E-state index contributed by atoms with van der Waals surface area (Å²) in [4.78, 5) is 41.5. The minimum absolute atomic E-state index is 0.0912. The van der Waals surface area contributed by atoms with Crippen LogP contribution < -0.4 is 9.64 Å². The molecule has 6 rings (SSSR count). The summed E-state index contributed by atoms with van der Waals surface area (Å²) in [5, 5.41) is 15.8. The van der Waals surface area contributed by atoms with E-state index in [-0.39, 0.29) is 22.3 Å². The number of ether oxygens (including phenoxy) is 1. The van der Waals surface area contributed by atoms with E-state index in [0.29, 0.717) is 12.2 Å². The number of aryl methyl sites for hydroxylation is 2. The van der Waals surface area contributed by atoms with E-state index in [1.165, 1.54) is 22.2 Å². The minimum Gasteiger partial charge on any atom is -0.497 e. The molecule has 0 aliphatic carbocycles. The molecule has 3 aliphatic rings. The second-order valence-electron chi connectivity index (χ2n) is 10.4. The highest BCUT2D eigenvalue weighted by atomic mass is 35.5. The van der Waals surface area contributed by atoms with Gasteiger partial charge >= 0.3 is 0 Å². The largest absolute Gasteiger partial charge is 0.497 e. The molecular weight excluding hydrogens is 579 g/mol. The van der Waals surface area contributed by atoms with Crippen LogP contribution >= 0.6 is 23.2 Å². The van der Waals surface area contributed by atoms with Gasteiger partial charge in [0.2, 0.25) is 0 Å². The Morgan fingerprint density at radius 1 is 1.00 bits per heavy atom. The van der Waals surface area contributed by atoms with Crippen molar-refractivity contribution in [1.82, 2.24) is 10.0 Å². The Hall–Kier alpha value is -4.28. The number of nitrogens with zero attached hydrogens (tertiary/aromatic N) is 6. The molecule has 3 aromatic rings. The topological polar surface area (TPSA) is 107 Å². The molecule has 0 radical (unpaired) electrons. The van der Waals surface area contributed by atoms with Crippen LogP contribution in [0.1, 0.15) is 34.7 Å². The Bertz CT molecular complexity index is 1650. The lowest BCUT2D eigenvalue weighted by Crippen LogP contribution is -2.44. The van der Waals surface area contributed by atoms with E-state index in [1.54, 1.807) is 13.2 Å². The number of rotatable bonds is 6. The van der Waals surface area contributed by atoms with E-state index in [2.05, 4.69) is 16.4 Å². The van der Waals surface area contributed by atoms with Crippen molar-refractivity contribution in [3.05, 3.63) is 93.0 Å². The smallest absolute Gasteiger partial charge is 0.264 e. The highest BCUT2D eigenvalue weighted by molar-refractivity contribution is 6.42. The van der Waals surface area contributed by atoms with Crippen LogP contribution in [0.4, 0.5) is 5.69 Å². The number of para-hydroxylation sites is 1. The lowest BCUT2D eigenvalue weighted by Gasteiger charge is -2.26. The average molecular weight is 605 g/mol. The molecule has 3 aliphatic heterocycles. The van der Waals surface area contributed by atoms with Crippen molar-refractivity contribution in [1.29, 1.82) is 0 Å². The number of fused-ring (bicyclic) bond motifs is 1. The number of benzene rings is 3. The molecule has 3 amide bonds. The number of methoxy groups -OCH3 is 1. The lowest BCUT2D eigenvalue weighted by atomic mass is 9.95. The number of carbonyl (C=O) groups is 3. The van der Waals surface area contributed by atoms with Crippen molar-refractivity contribution < 1.29 is 19.1 Å². The van der Waals surface area contributed by atoms with Gasteiger partial charge in [0.05, 0.1) is 34.6 Å². The van der Waals surface area contributed by atoms with Gasteiger partial charge in [0.15, 0.2) is 12.1 Å². The van der Waals surface area contributed by atoms with Gasteiger partial charge in [-0.05, 0) is 49.2 Å². The molecule has 3 heterocycles. The lowest BCUT2D eigenvalue weighted by molar-refractivity contribution is -0.135. The zero-order chi connectivity index (χ0) is 29.7. The van der Waals surface area contributed by atoms with Crippen LogP contribution in [-0.2, 0) is 14.4 Å². The average Bonchev–Trinajstić information content (AvgIpc) is 3.65. The highest BCUT2D eigenvalue weighted by Crippen LogP contribution is 2.40. The molecule has 10 nitrogen and oxygen atoms in total. The fourth-order valence-electron chi connectivity index (χ4n) is 5.61. The summed E-state index contributed by atoms with van der Waals surface area (Å²) in [6.07, 6.45) is 0.492. The van der Waals surface area contributed by atoms with Crippen LogP contribution in [0.3, 0.4) is 0 Å². The second-order valence-corrected chi connectivity index (χ2v) is 11.2. The molecule has 0 bridgehead atoms. The minimum atomic E-state index is -1.11. The SMILES string of the molecule is COc1ccc(C2CC(c3ccc(C)cc3C)=NN2C(=O)CN2N=NC3C(=O)N(c4c(Cl)cccc4Cl)C(=O)C32)cc1. The summed E-state index contributed by atoms with van der Waals surface area (Å²) >= 11 is 12.6. The summed E-state index contributed by atoms with van der Waals surface area (Å²) in [5.74, 6) is -0.914. The molecular formula is C30H26Cl2N6O4. The normalized spacial score (nSPS) is 21.3. The van der Waals surface area contributed by atoms with Gasteiger partial charge in [-0.1, -0.05) is 70.4 Å². The quantitative estimate of drug-likeness (QED) is 0.355. The maximum absolute atomic E-state index is 13.9. The van der Waals surface area contributed by atoms with E-state index >= 15 is 0 Å². The number of halogens is 2. The van der Waals surface area contributed by atoms with Crippen LogP contribution in [0, 0.1) is 13.8 Å². The van der Waals surface area contributed by atoms with Crippen LogP contribution in [0.25, 0.3) is 0 Å². The van der Waals surface area contributed by atoms with Gasteiger partial charge < -0.3 is 4.74 Å². The molecule has 3 aromatic carbocycles. The summed E-state index contributed by atoms with van der Waals surface area (Å²) in [5.41, 5.74) is 4.88. The number of carbonyl (C=O) groups excluding carboxylic acids is 3. The van der Waals surface area contributed by atoms with Crippen molar-refractivity contribution in [2.24, 2.45) is 15.4 Å². The number of hydrazone groups is 1. The molecule has 3 unspecified atom stereocenters. The predicted molar refractivity (Wildman–Crippen MR) is 158 cm³/mol. The third-order valence-electron chi connectivity index (χ3n) is 7.68. The Kier molecular flexibility index (Phi) is 7.20. The summed E-state index contributed by atoms with van der Waals surface area (Å²) in [6, 6.07) is 15.7. The highest BCUT2D eigenvalue weighted by Gasteiger charge is 2.56. The maximum atomic E-state index is 13.9. The molecule has 42 heavy (non-hydrogen) atoms. The number of amides is 3. The van der Waals surface area contributed by atoms with Gasteiger partial charge in [-0.2, -0.15) is 10.2 Å². The number of imide groups is 1.